The van der Waals surface area contributed by atoms with E-state index in [9.17, 15) is 9.59 Å². The highest BCUT2D eigenvalue weighted by molar-refractivity contribution is 6.31. The van der Waals surface area contributed by atoms with Crippen molar-refractivity contribution >= 4 is 44.8 Å². The van der Waals surface area contributed by atoms with Crippen molar-refractivity contribution in [2.75, 3.05) is 14.1 Å². The van der Waals surface area contributed by atoms with Gasteiger partial charge in [0, 0.05) is 25.2 Å². The maximum absolute atomic E-state index is 14.2. The Labute approximate surface area is 268 Å². The second kappa shape index (κ2) is 10.4. The minimum absolute atomic E-state index is 0.170. The lowest BCUT2D eigenvalue weighted by atomic mass is 9.91. The van der Waals surface area contributed by atoms with E-state index < -0.39 is 0 Å². The van der Waals surface area contributed by atoms with Crippen LogP contribution < -0.4 is 0 Å². The maximum Gasteiger partial charge on any atom is 0.261 e. The van der Waals surface area contributed by atoms with Gasteiger partial charge in [-0.1, -0.05) is 132 Å². The number of likely N-dealkylation sites (N-methyl/N-ethyl adjacent to an activating group) is 2. The van der Waals surface area contributed by atoms with Crippen LogP contribution in [0.2, 0.25) is 0 Å². The van der Waals surface area contributed by atoms with Gasteiger partial charge in [-0.3, -0.25) is 9.59 Å². The van der Waals surface area contributed by atoms with Gasteiger partial charge in [-0.2, -0.15) is 0 Å². The second-order valence-corrected chi connectivity index (χ2v) is 12.3. The average molecular weight is 597 g/mol. The molecule has 2 heterocycles. The molecule has 0 unspecified atom stereocenters. The first-order valence-electron chi connectivity index (χ1n) is 15.6. The molecule has 0 radical (unpaired) electrons. The molecular weight excluding hydrogens is 564 g/mol. The van der Waals surface area contributed by atoms with Crippen LogP contribution in [0, 0.1) is 13.8 Å². The van der Waals surface area contributed by atoms with Crippen LogP contribution in [0.3, 0.4) is 0 Å². The van der Waals surface area contributed by atoms with Crippen LogP contribution in [0.5, 0.6) is 0 Å². The monoisotopic (exact) mass is 596 g/mol. The lowest BCUT2D eigenvalue weighted by Gasteiger charge is -2.22. The van der Waals surface area contributed by atoms with Crippen molar-refractivity contribution in [2.45, 2.75) is 13.8 Å². The Balaban J connectivity index is 1.35. The molecule has 8 rings (SSSR count). The number of benzene rings is 6. The minimum Gasteiger partial charge on any atom is -0.310 e. The number of rotatable bonds is 4. The summed E-state index contributed by atoms with van der Waals surface area (Å²) in [4.78, 5) is 31.7. The molecule has 6 aromatic carbocycles. The summed E-state index contributed by atoms with van der Waals surface area (Å²) in [6, 6.07) is 41.9. The van der Waals surface area contributed by atoms with Gasteiger partial charge < -0.3 is 9.80 Å². The second-order valence-electron chi connectivity index (χ2n) is 12.3. The van der Waals surface area contributed by atoms with Gasteiger partial charge in [-0.05, 0) is 57.6 Å². The van der Waals surface area contributed by atoms with Crippen molar-refractivity contribution in [3.05, 3.63) is 155 Å². The highest BCUT2D eigenvalue weighted by atomic mass is 16.2. The molecule has 0 saturated heterocycles. The van der Waals surface area contributed by atoms with Crippen LogP contribution >= 0.6 is 0 Å². The SMILES string of the molecule is Cc1ccc(-c2ccc(C3=C4C(=O)N(C)C(c5ccc(-c6ccc(C)cc6)c6ccccc56)=C4C(=O)N3C)c3ccccc23)cc1. The predicted octanol–water partition coefficient (Wildman–Crippen LogP) is 9.01. The minimum atomic E-state index is -0.170. The number of hydrogen-bond donors (Lipinski definition) is 0. The number of amides is 2. The molecule has 0 aliphatic carbocycles. The summed E-state index contributed by atoms with van der Waals surface area (Å²) in [5, 5.41) is 4.15. The summed E-state index contributed by atoms with van der Waals surface area (Å²) in [5.41, 5.74) is 10.9. The van der Waals surface area contributed by atoms with E-state index in [1.165, 1.54) is 11.1 Å². The zero-order valence-corrected chi connectivity index (χ0v) is 26.3. The summed E-state index contributed by atoms with van der Waals surface area (Å²) < 4.78 is 0. The van der Waals surface area contributed by atoms with E-state index in [1.807, 2.05) is 24.3 Å². The van der Waals surface area contributed by atoms with Gasteiger partial charge in [-0.15, -0.1) is 0 Å². The zero-order chi connectivity index (χ0) is 31.7. The average Bonchev–Trinajstić information content (AvgIpc) is 3.48. The predicted molar refractivity (Wildman–Crippen MR) is 188 cm³/mol. The van der Waals surface area contributed by atoms with Crippen LogP contribution in [-0.4, -0.2) is 35.7 Å². The Morgan fingerprint density at radius 2 is 0.696 bits per heavy atom. The molecule has 0 N–H and O–H groups in total. The lowest BCUT2D eigenvalue weighted by molar-refractivity contribution is -0.123. The number of carbonyl (C=O) groups excluding carboxylic acids is 2. The van der Waals surface area contributed by atoms with Crippen molar-refractivity contribution in [1.82, 2.24) is 9.80 Å². The molecule has 6 aromatic rings. The fourth-order valence-electron chi connectivity index (χ4n) is 7.14. The van der Waals surface area contributed by atoms with Crippen LogP contribution in [0.25, 0.3) is 55.2 Å². The molecule has 222 valence electrons. The van der Waals surface area contributed by atoms with Gasteiger partial charge >= 0.3 is 0 Å². The Bertz CT molecular complexity index is 2160. The summed E-state index contributed by atoms with van der Waals surface area (Å²) in [5.74, 6) is -0.341. The van der Waals surface area contributed by atoms with E-state index in [0.717, 1.165) is 54.9 Å². The number of fused-ring (bicyclic) bond motifs is 3. The highest BCUT2D eigenvalue weighted by Gasteiger charge is 2.47. The highest BCUT2D eigenvalue weighted by Crippen LogP contribution is 2.48. The summed E-state index contributed by atoms with van der Waals surface area (Å²) >= 11 is 0. The largest absolute Gasteiger partial charge is 0.310 e. The van der Waals surface area contributed by atoms with Crippen LogP contribution in [-0.2, 0) is 9.59 Å². The van der Waals surface area contributed by atoms with E-state index in [4.69, 9.17) is 0 Å². The first-order chi connectivity index (χ1) is 22.3. The molecule has 0 spiro atoms. The number of nitrogens with zero attached hydrogens (tertiary/aromatic N) is 2. The third kappa shape index (κ3) is 4.07. The van der Waals surface area contributed by atoms with Gasteiger partial charge in [0.25, 0.3) is 11.8 Å². The Kier molecular flexibility index (Phi) is 6.29. The number of hydrogen-bond acceptors (Lipinski definition) is 2. The fourth-order valence-corrected chi connectivity index (χ4v) is 7.14. The molecule has 2 aliphatic heterocycles. The third-order valence-electron chi connectivity index (χ3n) is 9.51. The summed E-state index contributed by atoms with van der Waals surface area (Å²) in [7, 11) is 3.56. The molecule has 0 fully saturated rings. The molecule has 4 nitrogen and oxygen atoms in total. The smallest absolute Gasteiger partial charge is 0.261 e. The zero-order valence-electron chi connectivity index (χ0n) is 26.3. The van der Waals surface area contributed by atoms with Crippen molar-refractivity contribution in [1.29, 1.82) is 0 Å². The normalized spacial score (nSPS) is 14.8. The van der Waals surface area contributed by atoms with E-state index in [0.29, 0.717) is 22.5 Å². The third-order valence-corrected chi connectivity index (χ3v) is 9.51. The van der Waals surface area contributed by atoms with E-state index in [2.05, 4.69) is 111 Å². The first-order valence-corrected chi connectivity index (χ1v) is 15.6. The summed E-state index contributed by atoms with van der Waals surface area (Å²) in [6.07, 6.45) is 0. The summed E-state index contributed by atoms with van der Waals surface area (Å²) in [6.45, 7) is 4.17. The van der Waals surface area contributed by atoms with Crippen molar-refractivity contribution < 1.29 is 9.59 Å². The molecule has 4 heteroatoms. The Morgan fingerprint density at radius 1 is 0.391 bits per heavy atom. The lowest BCUT2D eigenvalue weighted by Crippen LogP contribution is -2.25. The molecule has 2 aliphatic rings. The Morgan fingerprint density at radius 3 is 1.04 bits per heavy atom. The Hall–Kier alpha value is -5.74. The fraction of sp³-hybridized carbons (Fsp3) is 0.0952. The molecule has 0 atom stereocenters. The van der Waals surface area contributed by atoms with E-state index in [1.54, 1.807) is 23.9 Å². The van der Waals surface area contributed by atoms with Gasteiger partial charge in [0.2, 0.25) is 0 Å². The molecule has 0 bridgehead atoms. The van der Waals surface area contributed by atoms with Gasteiger partial charge in [0.05, 0.1) is 22.5 Å². The van der Waals surface area contributed by atoms with Gasteiger partial charge in [-0.25, -0.2) is 0 Å². The van der Waals surface area contributed by atoms with Crippen molar-refractivity contribution in [3.63, 3.8) is 0 Å². The molecule has 0 saturated carbocycles. The van der Waals surface area contributed by atoms with Crippen molar-refractivity contribution in [2.24, 2.45) is 0 Å². The number of carbonyl (C=O) groups is 2. The van der Waals surface area contributed by atoms with Crippen molar-refractivity contribution in [3.8, 4) is 22.3 Å². The van der Waals surface area contributed by atoms with Gasteiger partial charge in [0.1, 0.15) is 0 Å². The molecular formula is C42H32N2O2. The van der Waals surface area contributed by atoms with Gasteiger partial charge in [0.15, 0.2) is 0 Å². The molecule has 46 heavy (non-hydrogen) atoms. The first kappa shape index (κ1) is 27.8. The van der Waals surface area contributed by atoms with E-state index in [-0.39, 0.29) is 11.8 Å². The topological polar surface area (TPSA) is 40.6 Å². The quantitative estimate of drug-likeness (QED) is 0.204. The number of aryl methyl sites for hydroxylation is 2. The van der Waals surface area contributed by atoms with Crippen LogP contribution in [0.4, 0.5) is 0 Å². The van der Waals surface area contributed by atoms with Crippen LogP contribution in [0.15, 0.2) is 132 Å². The standard InChI is InChI=1S/C42H32N2O2/c1-25-13-17-27(18-14-25)29-21-23-35(33-11-7-5-9-31(29)33)39-37-38(42(46)43(39)3)40(44(4)41(37)45)36-24-22-30(28-19-15-26(2)16-20-28)32-10-6-8-12-34(32)36/h5-24H,1-4H3. The maximum atomic E-state index is 14.2. The molecule has 0 aromatic heterocycles. The molecule has 2 amide bonds. The van der Waals surface area contributed by atoms with E-state index >= 15 is 0 Å². The van der Waals surface area contributed by atoms with Crippen LogP contribution in [0.1, 0.15) is 22.3 Å².